The van der Waals surface area contributed by atoms with Gasteiger partial charge in [-0.3, -0.25) is 10.1 Å². The van der Waals surface area contributed by atoms with Crippen LogP contribution in [-0.2, 0) is 15.6 Å². The van der Waals surface area contributed by atoms with Crippen molar-refractivity contribution in [1.82, 2.24) is 4.98 Å². The van der Waals surface area contributed by atoms with Gasteiger partial charge in [-0.05, 0) is 23.8 Å². The number of benzene rings is 1. The summed E-state index contributed by atoms with van der Waals surface area (Å²) in [6.45, 7) is 0. The number of sulfone groups is 1. The predicted molar refractivity (Wildman–Crippen MR) is 98.6 cm³/mol. The van der Waals surface area contributed by atoms with Crippen molar-refractivity contribution in [2.24, 2.45) is 0 Å². The van der Waals surface area contributed by atoms with Gasteiger partial charge in [0.2, 0.25) is 0 Å². The van der Waals surface area contributed by atoms with E-state index in [-0.39, 0.29) is 11.4 Å². The van der Waals surface area contributed by atoms with Crippen molar-refractivity contribution < 1.29 is 27.6 Å². The minimum absolute atomic E-state index is 0.166. The van der Waals surface area contributed by atoms with E-state index in [1.54, 1.807) is 18.2 Å². The average molecular weight is 394 g/mol. The lowest BCUT2D eigenvalue weighted by atomic mass is 10.2. The van der Waals surface area contributed by atoms with Gasteiger partial charge in [0.05, 0.1) is 37.6 Å². The second kappa shape index (κ2) is 8.49. The fourth-order valence-electron chi connectivity index (χ4n) is 2.35. The van der Waals surface area contributed by atoms with E-state index in [9.17, 15) is 18.5 Å². The van der Waals surface area contributed by atoms with Crippen molar-refractivity contribution in [3.05, 3.63) is 57.1 Å². The summed E-state index contributed by atoms with van der Waals surface area (Å²) >= 11 is 0. The van der Waals surface area contributed by atoms with Crippen LogP contribution in [0.1, 0.15) is 11.1 Å². The van der Waals surface area contributed by atoms with Crippen LogP contribution in [0.5, 0.6) is 17.4 Å². The highest BCUT2D eigenvalue weighted by Crippen LogP contribution is 2.30. The number of nitro groups is 1. The van der Waals surface area contributed by atoms with Crippen LogP contribution < -0.4 is 14.2 Å². The Labute approximate surface area is 156 Å². The third kappa shape index (κ3) is 4.94. The zero-order valence-corrected chi connectivity index (χ0v) is 15.7. The number of hydrogen-bond acceptors (Lipinski definition) is 8. The molecule has 0 bridgehead atoms. The average Bonchev–Trinajstić information content (AvgIpc) is 2.65. The second-order valence-corrected chi connectivity index (χ2v) is 7.20. The van der Waals surface area contributed by atoms with Crippen molar-refractivity contribution in [2.75, 3.05) is 21.3 Å². The quantitative estimate of drug-likeness (QED) is 0.495. The van der Waals surface area contributed by atoms with E-state index in [2.05, 4.69) is 4.98 Å². The third-order valence-corrected chi connectivity index (χ3v) is 4.84. The van der Waals surface area contributed by atoms with Gasteiger partial charge in [0.15, 0.2) is 9.84 Å². The van der Waals surface area contributed by atoms with Crippen LogP contribution in [0, 0.1) is 10.1 Å². The van der Waals surface area contributed by atoms with Crippen LogP contribution in [0.4, 0.5) is 5.69 Å². The van der Waals surface area contributed by atoms with E-state index >= 15 is 0 Å². The Morgan fingerprint density at radius 3 is 2.30 bits per heavy atom. The molecule has 1 aromatic carbocycles. The number of aromatic nitrogens is 1. The van der Waals surface area contributed by atoms with Gasteiger partial charge < -0.3 is 14.2 Å². The molecule has 9 nitrogen and oxygen atoms in total. The molecule has 0 spiro atoms. The van der Waals surface area contributed by atoms with Gasteiger partial charge in [-0.2, -0.15) is 0 Å². The fourth-order valence-corrected chi connectivity index (χ4v) is 3.41. The lowest BCUT2D eigenvalue weighted by molar-refractivity contribution is -0.386. The number of rotatable bonds is 8. The van der Waals surface area contributed by atoms with Gasteiger partial charge in [0, 0.05) is 17.7 Å². The standard InChI is InChI=1S/C17H18N2O7S/c1-24-15-5-4-6-16(25-2)13(15)7-8-27(22,23)11-12-9-14(19(20)21)17(26-3)18-10-12/h4-10H,11H2,1-3H3/b8-7+. The molecule has 0 saturated heterocycles. The zero-order valence-electron chi connectivity index (χ0n) is 14.9. The molecule has 0 N–H and O–H groups in total. The topological polar surface area (TPSA) is 118 Å². The monoisotopic (exact) mass is 394 g/mol. The maximum Gasteiger partial charge on any atom is 0.331 e. The molecule has 1 heterocycles. The van der Waals surface area contributed by atoms with E-state index < -0.39 is 26.2 Å². The first-order valence-corrected chi connectivity index (χ1v) is 9.32. The van der Waals surface area contributed by atoms with Gasteiger partial charge in [-0.25, -0.2) is 13.4 Å². The highest BCUT2D eigenvalue weighted by Gasteiger charge is 2.19. The van der Waals surface area contributed by atoms with Gasteiger partial charge in [0.1, 0.15) is 11.5 Å². The molecule has 10 heteroatoms. The zero-order chi connectivity index (χ0) is 20.0. The van der Waals surface area contributed by atoms with Crippen LogP contribution >= 0.6 is 0 Å². The Hall–Kier alpha value is -3.14. The molecule has 27 heavy (non-hydrogen) atoms. The Kier molecular flexibility index (Phi) is 6.35. The molecular formula is C17H18N2O7S. The van der Waals surface area contributed by atoms with Crippen molar-refractivity contribution in [1.29, 1.82) is 0 Å². The molecule has 0 unspecified atom stereocenters. The minimum Gasteiger partial charge on any atom is -0.496 e. The van der Waals surface area contributed by atoms with E-state index in [4.69, 9.17) is 14.2 Å². The summed E-state index contributed by atoms with van der Waals surface area (Å²) in [6, 6.07) is 6.18. The summed E-state index contributed by atoms with van der Waals surface area (Å²) in [4.78, 5) is 14.1. The molecule has 0 aliphatic rings. The van der Waals surface area contributed by atoms with Gasteiger partial charge in [0.25, 0.3) is 5.88 Å². The molecule has 1 aromatic heterocycles. The number of ether oxygens (including phenoxy) is 3. The molecule has 2 aromatic rings. The molecule has 0 saturated carbocycles. The largest absolute Gasteiger partial charge is 0.496 e. The molecule has 0 aliphatic heterocycles. The van der Waals surface area contributed by atoms with Crippen molar-refractivity contribution in [3.63, 3.8) is 0 Å². The maximum absolute atomic E-state index is 12.4. The van der Waals surface area contributed by atoms with Crippen LogP contribution in [0.2, 0.25) is 0 Å². The summed E-state index contributed by atoms with van der Waals surface area (Å²) in [6.07, 6.45) is 2.58. The number of methoxy groups -OCH3 is 3. The molecule has 0 fully saturated rings. The van der Waals surface area contributed by atoms with Crippen LogP contribution in [0.25, 0.3) is 6.08 Å². The van der Waals surface area contributed by atoms with E-state index in [0.717, 1.165) is 11.5 Å². The number of pyridine rings is 1. The van der Waals surface area contributed by atoms with Crippen LogP contribution in [0.15, 0.2) is 35.9 Å². The van der Waals surface area contributed by atoms with Crippen LogP contribution in [-0.4, -0.2) is 39.7 Å². The molecule has 0 aliphatic carbocycles. The number of hydrogen-bond donors (Lipinski definition) is 0. The summed E-state index contributed by atoms with van der Waals surface area (Å²) < 4.78 is 40.1. The smallest absolute Gasteiger partial charge is 0.331 e. The Morgan fingerprint density at radius 1 is 1.15 bits per heavy atom. The Bertz CT molecular complexity index is 949. The molecule has 0 atom stereocenters. The molecule has 0 amide bonds. The first-order valence-electron chi connectivity index (χ1n) is 7.60. The van der Waals surface area contributed by atoms with Gasteiger partial charge in [-0.15, -0.1) is 0 Å². The van der Waals surface area contributed by atoms with Crippen LogP contribution in [0.3, 0.4) is 0 Å². The lowest BCUT2D eigenvalue weighted by Gasteiger charge is -2.09. The first kappa shape index (κ1) is 20.2. The van der Waals surface area contributed by atoms with E-state index in [0.29, 0.717) is 17.1 Å². The highest BCUT2D eigenvalue weighted by atomic mass is 32.2. The molecule has 0 radical (unpaired) electrons. The van der Waals surface area contributed by atoms with Crippen molar-refractivity contribution >= 4 is 21.6 Å². The van der Waals surface area contributed by atoms with E-state index in [1.807, 2.05) is 0 Å². The first-order chi connectivity index (χ1) is 12.8. The maximum atomic E-state index is 12.4. The normalized spacial score (nSPS) is 11.4. The second-order valence-electron chi connectivity index (χ2n) is 5.32. The highest BCUT2D eigenvalue weighted by molar-refractivity contribution is 7.93. The molecular weight excluding hydrogens is 376 g/mol. The summed E-state index contributed by atoms with van der Waals surface area (Å²) in [7, 11) is 0.427. The third-order valence-electron chi connectivity index (χ3n) is 3.55. The lowest BCUT2D eigenvalue weighted by Crippen LogP contribution is -2.03. The summed E-state index contributed by atoms with van der Waals surface area (Å²) in [5.74, 6) is 0.249. The Morgan fingerprint density at radius 2 is 1.78 bits per heavy atom. The SMILES string of the molecule is COc1cccc(OC)c1/C=C/S(=O)(=O)Cc1cnc(OC)c([N+](=O)[O-])c1. The van der Waals surface area contributed by atoms with Crippen molar-refractivity contribution in [3.8, 4) is 17.4 Å². The summed E-state index contributed by atoms with van der Waals surface area (Å²) in [5.41, 5.74) is 0.227. The summed E-state index contributed by atoms with van der Waals surface area (Å²) in [5, 5.41) is 12.0. The number of nitrogens with zero attached hydrogens (tertiary/aromatic N) is 2. The fraction of sp³-hybridized carbons (Fsp3) is 0.235. The van der Waals surface area contributed by atoms with Gasteiger partial charge in [-0.1, -0.05) is 6.07 Å². The Balaban J connectivity index is 2.32. The van der Waals surface area contributed by atoms with Gasteiger partial charge >= 0.3 is 5.69 Å². The molecule has 2 rings (SSSR count). The minimum atomic E-state index is -3.74. The van der Waals surface area contributed by atoms with Crippen molar-refractivity contribution in [2.45, 2.75) is 5.75 Å². The predicted octanol–water partition coefficient (Wildman–Crippen LogP) is 2.60. The van der Waals surface area contributed by atoms with E-state index in [1.165, 1.54) is 33.6 Å². The molecule has 144 valence electrons.